The van der Waals surface area contributed by atoms with Crippen LogP contribution in [0.3, 0.4) is 0 Å². The highest BCUT2D eigenvalue weighted by Crippen LogP contribution is 2.18. The fraction of sp³-hybridized carbons (Fsp3) is 0.849. The van der Waals surface area contributed by atoms with Crippen molar-refractivity contribution in [1.29, 1.82) is 0 Å². The standard InChI is InChI=1S/C73H134O6/c1-4-7-10-13-16-19-22-25-27-29-31-32-33-34-35-36-37-38-39-40-42-43-45-48-51-54-57-60-63-66-72(75)78-69-70(68-77-71(74)65-62-59-56-53-50-47-24-21-18-15-12-9-6-3)79-73(76)67-64-61-58-55-52-49-46-44-41-30-28-26-23-20-17-14-11-8-5-2/h21-22,24-26,28-29,31,70H,4-20,23,27,30,32-69H2,1-3H3/b24-21-,25-22-,28-26-,31-29-. The highest BCUT2D eigenvalue weighted by molar-refractivity contribution is 5.71. The van der Waals surface area contributed by atoms with E-state index in [4.69, 9.17) is 14.2 Å². The third-order valence-corrected chi connectivity index (χ3v) is 15.8. The Kier molecular flexibility index (Phi) is 65.6. The van der Waals surface area contributed by atoms with Gasteiger partial charge in [-0.2, -0.15) is 0 Å². The van der Waals surface area contributed by atoms with Gasteiger partial charge < -0.3 is 14.2 Å². The molecule has 0 aromatic rings. The van der Waals surface area contributed by atoms with E-state index in [1.165, 1.54) is 270 Å². The Morgan fingerprint density at radius 1 is 0.253 bits per heavy atom. The average Bonchev–Trinajstić information content (AvgIpc) is 3.45. The van der Waals surface area contributed by atoms with Gasteiger partial charge >= 0.3 is 17.9 Å². The van der Waals surface area contributed by atoms with E-state index in [-0.39, 0.29) is 31.1 Å². The molecule has 0 aliphatic rings. The summed E-state index contributed by atoms with van der Waals surface area (Å²) in [7, 11) is 0. The average molecular weight is 1110 g/mol. The van der Waals surface area contributed by atoms with Crippen LogP contribution in [0.5, 0.6) is 0 Å². The zero-order chi connectivity index (χ0) is 57.1. The van der Waals surface area contributed by atoms with Gasteiger partial charge in [-0.3, -0.25) is 14.4 Å². The Balaban J connectivity index is 4.20. The first-order chi connectivity index (χ1) is 39.0. The molecule has 0 fully saturated rings. The van der Waals surface area contributed by atoms with Crippen LogP contribution in [0.15, 0.2) is 48.6 Å². The summed E-state index contributed by atoms with van der Waals surface area (Å²) in [6.45, 7) is 6.66. The van der Waals surface area contributed by atoms with Gasteiger partial charge in [0.2, 0.25) is 0 Å². The van der Waals surface area contributed by atoms with E-state index in [1.807, 2.05) is 0 Å². The smallest absolute Gasteiger partial charge is 0.306 e. The lowest BCUT2D eigenvalue weighted by Crippen LogP contribution is -2.30. The van der Waals surface area contributed by atoms with Gasteiger partial charge in [-0.15, -0.1) is 0 Å². The molecule has 0 aliphatic heterocycles. The van der Waals surface area contributed by atoms with Gasteiger partial charge in [0.05, 0.1) is 0 Å². The summed E-state index contributed by atoms with van der Waals surface area (Å²) in [5.41, 5.74) is 0. The van der Waals surface area contributed by atoms with E-state index in [9.17, 15) is 14.4 Å². The van der Waals surface area contributed by atoms with Crippen LogP contribution in [0.4, 0.5) is 0 Å². The van der Waals surface area contributed by atoms with E-state index in [0.717, 1.165) is 70.6 Å². The number of carbonyl (C=O) groups is 3. The summed E-state index contributed by atoms with van der Waals surface area (Å²) in [4.78, 5) is 38.4. The van der Waals surface area contributed by atoms with E-state index in [0.29, 0.717) is 19.3 Å². The van der Waals surface area contributed by atoms with Crippen molar-refractivity contribution in [3.05, 3.63) is 48.6 Å². The molecular formula is C73H134O6. The number of unbranched alkanes of at least 4 members (excludes halogenated alkanes) is 46. The molecule has 79 heavy (non-hydrogen) atoms. The van der Waals surface area contributed by atoms with E-state index < -0.39 is 6.10 Å². The molecule has 0 rings (SSSR count). The second kappa shape index (κ2) is 67.9. The van der Waals surface area contributed by atoms with Crippen molar-refractivity contribution in [1.82, 2.24) is 0 Å². The molecule has 0 bridgehead atoms. The van der Waals surface area contributed by atoms with Gasteiger partial charge in [0.25, 0.3) is 0 Å². The number of hydrogen-bond donors (Lipinski definition) is 0. The van der Waals surface area contributed by atoms with Crippen molar-refractivity contribution in [2.45, 2.75) is 386 Å². The van der Waals surface area contributed by atoms with Crippen LogP contribution >= 0.6 is 0 Å². The summed E-state index contributed by atoms with van der Waals surface area (Å²) in [6, 6.07) is 0. The Morgan fingerprint density at radius 3 is 0.722 bits per heavy atom. The van der Waals surface area contributed by atoms with Gasteiger partial charge in [-0.05, 0) is 103 Å². The minimum Gasteiger partial charge on any atom is -0.462 e. The predicted octanol–water partition coefficient (Wildman–Crippen LogP) is 24.1. The first-order valence-corrected chi connectivity index (χ1v) is 35.1. The summed E-state index contributed by atoms with van der Waals surface area (Å²) >= 11 is 0. The van der Waals surface area contributed by atoms with Crippen molar-refractivity contribution in [3.63, 3.8) is 0 Å². The molecule has 0 saturated carbocycles. The normalized spacial score (nSPS) is 12.3. The fourth-order valence-electron chi connectivity index (χ4n) is 10.5. The summed E-state index contributed by atoms with van der Waals surface area (Å²) in [5.74, 6) is -0.860. The van der Waals surface area contributed by atoms with Crippen LogP contribution in [0, 0.1) is 0 Å². The minimum absolute atomic E-state index is 0.0726. The number of carbonyl (C=O) groups excluding carboxylic acids is 3. The first-order valence-electron chi connectivity index (χ1n) is 35.1. The van der Waals surface area contributed by atoms with Crippen LogP contribution in [0.2, 0.25) is 0 Å². The molecule has 462 valence electrons. The molecular weight excluding hydrogens is 973 g/mol. The largest absolute Gasteiger partial charge is 0.462 e. The van der Waals surface area contributed by atoms with E-state index >= 15 is 0 Å². The predicted molar refractivity (Wildman–Crippen MR) is 344 cm³/mol. The van der Waals surface area contributed by atoms with Crippen molar-refractivity contribution in [3.8, 4) is 0 Å². The zero-order valence-corrected chi connectivity index (χ0v) is 53.2. The van der Waals surface area contributed by atoms with E-state index in [1.54, 1.807) is 0 Å². The molecule has 1 atom stereocenters. The molecule has 6 nitrogen and oxygen atoms in total. The maximum atomic E-state index is 12.9. The number of esters is 3. The summed E-state index contributed by atoms with van der Waals surface area (Å²) < 4.78 is 17.0. The quantitative estimate of drug-likeness (QED) is 0.0261. The molecule has 0 heterocycles. The van der Waals surface area contributed by atoms with Crippen LogP contribution in [-0.4, -0.2) is 37.2 Å². The van der Waals surface area contributed by atoms with Crippen LogP contribution in [-0.2, 0) is 28.6 Å². The van der Waals surface area contributed by atoms with Crippen molar-refractivity contribution < 1.29 is 28.6 Å². The molecule has 0 spiro atoms. The number of hydrogen-bond acceptors (Lipinski definition) is 6. The molecule has 0 radical (unpaired) electrons. The Labute approximate surface area is 492 Å². The highest BCUT2D eigenvalue weighted by Gasteiger charge is 2.19. The number of allylic oxidation sites excluding steroid dienone is 8. The van der Waals surface area contributed by atoms with Crippen LogP contribution in [0.1, 0.15) is 380 Å². The molecule has 0 aromatic heterocycles. The summed E-state index contributed by atoms with van der Waals surface area (Å²) in [5, 5.41) is 0. The molecule has 0 N–H and O–H groups in total. The SMILES string of the molecule is CCCCCC/C=C\CCCCCCCC(=O)OCC(COC(=O)CCCCCCCCCCCCCCCCCCC/C=C\C/C=C\CCCCCCC)OC(=O)CCCCCCCCCCC/C=C\CCCCCCCC. The maximum absolute atomic E-state index is 12.9. The Morgan fingerprint density at radius 2 is 0.456 bits per heavy atom. The fourth-order valence-corrected chi connectivity index (χ4v) is 10.5. The van der Waals surface area contributed by atoms with Crippen LogP contribution in [0.25, 0.3) is 0 Å². The van der Waals surface area contributed by atoms with Gasteiger partial charge in [0.1, 0.15) is 13.2 Å². The number of rotatable bonds is 65. The summed E-state index contributed by atoms with van der Waals surface area (Å²) in [6.07, 6.45) is 85.7. The van der Waals surface area contributed by atoms with Crippen molar-refractivity contribution >= 4 is 17.9 Å². The molecule has 1 unspecified atom stereocenters. The van der Waals surface area contributed by atoms with Crippen molar-refractivity contribution in [2.24, 2.45) is 0 Å². The van der Waals surface area contributed by atoms with Gasteiger partial charge in [0, 0.05) is 19.3 Å². The highest BCUT2D eigenvalue weighted by atomic mass is 16.6. The Hall–Kier alpha value is -2.63. The monoisotopic (exact) mass is 1110 g/mol. The third kappa shape index (κ3) is 66.1. The lowest BCUT2D eigenvalue weighted by Gasteiger charge is -2.18. The number of ether oxygens (including phenoxy) is 3. The maximum Gasteiger partial charge on any atom is 0.306 e. The molecule has 0 aliphatic carbocycles. The van der Waals surface area contributed by atoms with E-state index in [2.05, 4.69) is 69.4 Å². The van der Waals surface area contributed by atoms with Crippen LogP contribution < -0.4 is 0 Å². The molecule has 6 heteroatoms. The minimum atomic E-state index is -0.777. The molecule has 0 saturated heterocycles. The third-order valence-electron chi connectivity index (χ3n) is 15.8. The molecule has 0 amide bonds. The van der Waals surface area contributed by atoms with Gasteiger partial charge in [-0.25, -0.2) is 0 Å². The topological polar surface area (TPSA) is 78.9 Å². The van der Waals surface area contributed by atoms with Crippen molar-refractivity contribution in [2.75, 3.05) is 13.2 Å². The van der Waals surface area contributed by atoms with Gasteiger partial charge in [0.15, 0.2) is 6.10 Å². The lowest BCUT2D eigenvalue weighted by atomic mass is 10.0. The Bertz CT molecular complexity index is 1360. The zero-order valence-electron chi connectivity index (χ0n) is 53.2. The first kappa shape index (κ1) is 76.4. The second-order valence-electron chi connectivity index (χ2n) is 23.8. The molecule has 0 aromatic carbocycles. The second-order valence-corrected chi connectivity index (χ2v) is 23.8. The van der Waals surface area contributed by atoms with Gasteiger partial charge in [-0.1, -0.05) is 307 Å². The lowest BCUT2D eigenvalue weighted by molar-refractivity contribution is -0.167.